The second-order valence-corrected chi connectivity index (χ2v) is 8.13. The number of carbonyl (C=O) groups excluding carboxylic acids is 2. The molecule has 0 atom stereocenters. The highest BCUT2D eigenvalue weighted by molar-refractivity contribution is 5.99. The molecule has 0 unspecified atom stereocenters. The third-order valence-electron chi connectivity index (χ3n) is 5.43. The molecule has 36 heavy (non-hydrogen) atoms. The highest BCUT2D eigenvalue weighted by atomic mass is 19.1. The van der Waals surface area contributed by atoms with E-state index in [4.69, 9.17) is 4.74 Å². The Morgan fingerprint density at radius 2 is 1.92 bits per heavy atom. The maximum absolute atomic E-state index is 14.4. The van der Waals surface area contributed by atoms with E-state index in [-0.39, 0.29) is 23.6 Å². The summed E-state index contributed by atoms with van der Waals surface area (Å²) in [6.07, 6.45) is 4.55. The van der Waals surface area contributed by atoms with Crippen LogP contribution in [0.3, 0.4) is 0 Å². The number of halogens is 1. The number of benzene rings is 2. The predicted molar refractivity (Wildman–Crippen MR) is 136 cm³/mol. The summed E-state index contributed by atoms with van der Waals surface area (Å²) in [7, 11) is 0. The number of nitrogens with one attached hydrogen (secondary N) is 3. The van der Waals surface area contributed by atoms with Crippen LogP contribution >= 0.6 is 0 Å². The number of nitrogens with zero attached hydrogens (tertiary/aromatic N) is 3. The van der Waals surface area contributed by atoms with E-state index < -0.39 is 5.82 Å². The summed E-state index contributed by atoms with van der Waals surface area (Å²) in [4.78, 5) is 33.3. The molecule has 9 nitrogen and oxygen atoms in total. The molecule has 2 amide bonds. The van der Waals surface area contributed by atoms with E-state index in [1.165, 1.54) is 6.08 Å². The fourth-order valence-electron chi connectivity index (χ4n) is 3.70. The zero-order valence-corrected chi connectivity index (χ0v) is 19.7. The number of aromatic nitrogens is 2. The Morgan fingerprint density at radius 1 is 1.14 bits per heavy atom. The minimum absolute atomic E-state index is 0.0245. The van der Waals surface area contributed by atoms with Crippen LogP contribution in [0.5, 0.6) is 5.75 Å². The molecule has 3 N–H and O–H groups in total. The van der Waals surface area contributed by atoms with Crippen molar-refractivity contribution in [3.8, 4) is 5.75 Å². The quantitative estimate of drug-likeness (QED) is 0.266. The Labute approximate surface area is 208 Å². The molecule has 1 saturated heterocycles. The number of amides is 2. The SMILES string of the molecule is C=CC(=O)Nc1cccc(Nc2nc(Nc3cccc(OCCCN4CCCC4=O)c3)ncc2F)c1. The summed E-state index contributed by atoms with van der Waals surface area (Å²) in [6.45, 7) is 5.43. The van der Waals surface area contributed by atoms with E-state index >= 15 is 0 Å². The molecule has 0 spiro atoms. The fraction of sp³-hybridized carbons (Fsp3) is 0.231. The second-order valence-electron chi connectivity index (χ2n) is 8.13. The highest BCUT2D eigenvalue weighted by Crippen LogP contribution is 2.24. The van der Waals surface area contributed by atoms with Crippen LogP contribution in [0.15, 0.2) is 67.4 Å². The van der Waals surface area contributed by atoms with Crippen LogP contribution < -0.4 is 20.7 Å². The van der Waals surface area contributed by atoms with Gasteiger partial charge in [0, 0.05) is 42.6 Å². The van der Waals surface area contributed by atoms with E-state index in [0.717, 1.165) is 25.6 Å². The molecule has 10 heteroatoms. The lowest BCUT2D eigenvalue weighted by Gasteiger charge is -2.15. The smallest absolute Gasteiger partial charge is 0.247 e. The van der Waals surface area contributed by atoms with Gasteiger partial charge in [-0.25, -0.2) is 9.37 Å². The van der Waals surface area contributed by atoms with E-state index in [1.54, 1.807) is 30.3 Å². The number of hydrogen-bond acceptors (Lipinski definition) is 7. The number of carbonyl (C=O) groups is 2. The Kier molecular flexibility index (Phi) is 8.07. The van der Waals surface area contributed by atoms with Crippen LogP contribution in [-0.2, 0) is 9.59 Å². The standard InChI is InChI=1S/C26H27FN6O3/c1-2-23(34)29-18-7-3-8-19(15-18)30-25-22(27)17-28-26(32-25)31-20-9-4-10-21(16-20)36-14-6-13-33-12-5-11-24(33)35/h2-4,7-10,15-17H,1,5-6,11-14H2,(H,29,34)(H2,28,30,31,32). The third kappa shape index (κ3) is 6.78. The monoisotopic (exact) mass is 490 g/mol. The Morgan fingerprint density at radius 3 is 2.69 bits per heavy atom. The molecule has 1 fully saturated rings. The minimum atomic E-state index is -0.630. The van der Waals surface area contributed by atoms with Gasteiger partial charge in [0.2, 0.25) is 17.8 Å². The van der Waals surface area contributed by atoms with Gasteiger partial charge in [-0.1, -0.05) is 18.7 Å². The molecule has 1 aliphatic rings. The molecule has 0 saturated carbocycles. The van der Waals surface area contributed by atoms with Gasteiger partial charge in [0.1, 0.15) is 5.75 Å². The lowest BCUT2D eigenvalue weighted by atomic mass is 10.2. The van der Waals surface area contributed by atoms with Crippen LogP contribution in [0.25, 0.3) is 0 Å². The van der Waals surface area contributed by atoms with Crippen molar-refractivity contribution >= 4 is 40.6 Å². The summed E-state index contributed by atoms with van der Waals surface area (Å²) in [5, 5.41) is 8.61. The van der Waals surface area contributed by atoms with Crippen LogP contribution in [0, 0.1) is 5.82 Å². The largest absolute Gasteiger partial charge is 0.493 e. The highest BCUT2D eigenvalue weighted by Gasteiger charge is 2.19. The zero-order valence-electron chi connectivity index (χ0n) is 19.7. The van der Waals surface area contributed by atoms with Crippen molar-refractivity contribution in [1.29, 1.82) is 0 Å². The van der Waals surface area contributed by atoms with E-state index in [1.807, 2.05) is 23.1 Å². The number of likely N-dealkylation sites (tertiary alicyclic amines) is 1. The minimum Gasteiger partial charge on any atom is -0.493 e. The van der Waals surface area contributed by atoms with Gasteiger partial charge >= 0.3 is 0 Å². The van der Waals surface area contributed by atoms with Crippen LogP contribution in [-0.4, -0.2) is 46.4 Å². The summed E-state index contributed by atoms with van der Waals surface area (Å²) in [6, 6.07) is 14.1. The van der Waals surface area contributed by atoms with Gasteiger partial charge in [0.15, 0.2) is 11.6 Å². The maximum atomic E-state index is 14.4. The normalized spacial score (nSPS) is 12.8. The molecular formula is C26H27FN6O3. The number of ether oxygens (including phenoxy) is 1. The first-order valence-corrected chi connectivity index (χ1v) is 11.6. The Bertz CT molecular complexity index is 1250. The van der Waals surface area contributed by atoms with Crippen molar-refractivity contribution in [2.45, 2.75) is 19.3 Å². The molecule has 3 aromatic rings. The Balaban J connectivity index is 1.36. The molecule has 2 heterocycles. The van der Waals surface area contributed by atoms with Gasteiger partial charge in [-0.15, -0.1) is 0 Å². The predicted octanol–water partition coefficient (Wildman–Crippen LogP) is 4.62. The zero-order chi connectivity index (χ0) is 25.3. The van der Waals surface area contributed by atoms with Crippen molar-refractivity contribution < 1.29 is 18.7 Å². The molecule has 0 bridgehead atoms. The first-order chi connectivity index (χ1) is 17.5. The molecule has 2 aromatic carbocycles. The molecular weight excluding hydrogens is 463 g/mol. The third-order valence-corrected chi connectivity index (χ3v) is 5.43. The summed E-state index contributed by atoms with van der Waals surface area (Å²) >= 11 is 0. The number of rotatable bonds is 11. The van der Waals surface area contributed by atoms with E-state index in [0.29, 0.717) is 42.4 Å². The van der Waals surface area contributed by atoms with Crippen molar-refractivity contribution in [3.05, 3.63) is 73.2 Å². The average Bonchev–Trinajstić information content (AvgIpc) is 3.29. The fourth-order valence-corrected chi connectivity index (χ4v) is 3.70. The lowest BCUT2D eigenvalue weighted by molar-refractivity contribution is -0.127. The van der Waals surface area contributed by atoms with Gasteiger partial charge in [0.05, 0.1) is 12.8 Å². The van der Waals surface area contributed by atoms with Crippen molar-refractivity contribution in [3.63, 3.8) is 0 Å². The first-order valence-electron chi connectivity index (χ1n) is 11.6. The average molecular weight is 491 g/mol. The van der Waals surface area contributed by atoms with Crippen LogP contribution in [0.4, 0.5) is 33.2 Å². The van der Waals surface area contributed by atoms with Gasteiger partial charge in [-0.05, 0) is 49.2 Å². The van der Waals surface area contributed by atoms with Gasteiger partial charge in [-0.2, -0.15) is 4.98 Å². The molecule has 0 radical (unpaired) electrons. The Hall–Kier alpha value is -4.47. The second kappa shape index (κ2) is 11.8. The lowest BCUT2D eigenvalue weighted by Crippen LogP contribution is -2.26. The van der Waals surface area contributed by atoms with Gasteiger partial charge in [0.25, 0.3) is 0 Å². The molecule has 0 aliphatic carbocycles. The molecule has 1 aromatic heterocycles. The van der Waals surface area contributed by atoms with Crippen LogP contribution in [0.1, 0.15) is 19.3 Å². The van der Waals surface area contributed by atoms with Crippen molar-refractivity contribution in [2.75, 3.05) is 35.6 Å². The van der Waals surface area contributed by atoms with E-state index in [2.05, 4.69) is 32.5 Å². The maximum Gasteiger partial charge on any atom is 0.247 e. The summed E-state index contributed by atoms with van der Waals surface area (Å²) in [5.74, 6) is 0.0609. The summed E-state index contributed by atoms with van der Waals surface area (Å²) < 4.78 is 20.2. The first kappa shape index (κ1) is 24.6. The van der Waals surface area contributed by atoms with Crippen LogP contribution in [0.2, 0.25) is 0 Å². The number of hydrogen-bond donors (Lipinski definition) is 3. The van der Waals surface area contributed by atoms with E-state index in [9.17, 15) is 14.0 Å². The molecule has 186 valence electrons. The topological polar surface area (TPSA) is 108 Å². The van der Waals surface area contributed by atoms with Crippen molar-refractivity contribution in [1.82, 2.24) is 14.9 Å². The van der Waals surface area contributed by atoms with Gasteiger partial charge < -0.3 is 25.6 Å². The summed E-state index contributed by atoms with van der Waals surface area (Å²) in [5.41, 5.74) is 1.74. The molecule has 1 aliphatic heterocycles. The van der Waals surface area contributed by atoms with Gasteiger partial charge in [-0.3, -0.25) is 9.59 Å². The molecule has 4 rings (SSSR count). The number of anilines is 5. The van der Waals surface area contributed by atoms with Crippen molar-refractivity contribution in [2.24, 2.45) is 0 Å².